The number of benzene rings is 1. The molecule has 148 valence electrons. The number of ether oxygens (including phenoxy) is 2. The largest absolute Gasteiger partial charge is 0.466 e. The predicted octanol–water partition coefficient (Wildman–Crippen LogP) is 4.56. The maximum Gasteiger partial charge on any atom is 0.407 e. The van der Waals surface area contributed by atoms with Crippen molar-refractivity contribution < 1.29 is 19.1 Å². The van der Waals surface area contributed by atoms with Crippen molar-refractivity contribution in [2.45, 2.75) is 70.3 Å². The molecular formula is C22H31NO4. The standard InChI is InChI=1S/C22H31NO4/c1-2-26-20(24)9-6-16-23-21(25)27-19-12-15-22(19)13-10-18(11-14-22)17-7-4-3-5-8-17/h3-5,7-8,18-19H,2,6,9-16H2,1H3,(H,23,25)/t18?,19-,22?/m0/s1. The minimum absolute atomic E-state index is 0.0410. The molecule has 27 heavy (non-hydrogen) atoms. The normalized spacial score (nSPS) is 26.9. The Morgan fingerprint density at radius 1 is 1.11 bits per heavy atom. The van der Waals surface area contributed by atoms with E-state index < -0.39 is 0 Å². The van der Waals surface area contributed by atoms with Gasteiger partial charge in [-0.25, -0.2) is 4.79 Å². The maximum atomic E-state index is 12.1. The van der Waals surface area contributed by atoms with Crippen LogP contribution in [-0.2, 0) is 14.3 Å². The van der Waals surface area contributed by atoms with E-state index in [1.165, 1.54) is 18.4 Å². The molecule has 2 aliphatic rings. The number of hydrogen-bond acceptors (Lipinski definition) is 4. The number of carbonyl (C=O) groups excluding carboxylic acids is 2. The molecule has 0 aliphatic heterocycles. The summed E-state index contributed by atoms with van der Waals surface area (Å²) >= 11 is 0. The first-order chi connectivity index (χ1) is 13.1. The Bertz CT molecular complexity index is 622. The molecule has 0 unspecified atom stereocenters. The highest BCUT2D eigenvalue weighted by atomic mass is 16.6. The van der Waals surface area contributed by atoms with E-state index >= 15 is 0 Å². The third kappa shape index (κ3) is 5.02. The molecule has 5 heteroatoms. The summed E-state index contributed by atoms with van der Waals surface area (Å²) in [5.74, 6) is 0.413. The number of carbonyl (C=O) groups is 2. The molecule has 2 aliphatic carbocycles. The van der Waals surface area contributed by atoms with Gasteiger partial charge in [-0.15, -0.1) is 0 Å². The fourth-order valence-corrected chi connectivity index (χ4v) is 4.50. The van der Waals surface area contributed by atoms with Gasteiger partial charge >= 0.3 is 12.1 Å². The first kappa shape index (κ1) is 19.7. The van der Waals surface area contributed by atoms with Crippen LogP contribution in [-0.4, -0.2) is 31.3 Å². The van der Waals surface area contributed by atoms with Gasteiger partial charge in [0.15, 0.2) is 0 Å². The van der Waals surface area contributed by atoms with E-state index in [9.17, 15) is 9.59 Å². The monoisotopic (exact) mass is 373 g/mol. The average molecular weight is 373 g/mol. The lowest BCUT2D eigenvalue weighted by Crippen LogP contribution is -2.50. The van der Waals surface area contributed by atoms with E-state index in [4.69, 9.17) is 9.47 Å². The first-order valence-electron chi connectivity index (χ1n) is 10.3. The van der Waals surface area contributed by atoms with Crippen molar-refractivity contribution in [2.75, 3.05) is 13.2 Å². The minimum Gasteiger partial charge on any atom is -0.466 e. The van der Waals surface area contributed by atoms with Gasteiger partial charge in [0.05, 0.1) is 6.61 Å². The van der Waals surface area contributed by atoms with Gasteiger partial charge in [0, 0.05) is 18.4 Å². The molecule has 1 aromatic carbocycles. The molecule has 5 nitrogen and oxygen atoms in total. The molecule has 1 atom stereocenters. The molecule has 1 aromatic rings. The number of nitrogens with one attached hydrogen (secondary N) is 1. The molecule has 2 saturated carbocycles. The smallest absolute Gasteiger partial charge is 0.407 e. The van der Waals surface area contributed by atoms with E-state index in [1.54, 1.807) is 6.92 Å². The zero-order chi connectivity index (χ0) is 19.1. The Kier molecular flexibility index (Phi) is 6.75. The van der Waals surface area contributed by atoms with Crippen LogP contribution < -0.4 is 5.32 Å². The Labute approximate surface area is 161 Å². The van der Waals surface area contributed by atoms with E-state index in [-0.39, 0.29) is 23.6 Å². The number of rotatable bonds is 7. The Morgan fingerprint density at radius 3 is 2.44 bits per heavy atom. The molecular weight excluding hydrogens is 342 g/mol. The van der Waals surface area contributed by atoms with Crippen LogP contribution in [0.5, 0.6) is 0 Å². The first-order valence-corrected chi connectivity index (χ1v) is 10.3. The molecule has 1 amide bonds. The summed E-state index contributed by atoms with van der Waals surface area (Å²) in [4.78, 5) is 23.4. The molecule has 1 N–H and O–H groups in total. The van der Waals surface area contributed by atoms with Gasteiger partial charge in [-0.05, 0) is 63.4 Å². The summed E-state index contributed by atoms with van der Waals surface area (Å²) < 4.78 is 10.6. The third-order valence-corrected chi connectivity index (χ3v) is 6.22. The Morgan fingerprint density at radius 2 is 1.81 bits per heavy atom. The zero-order valence-electron chi connectivity index (χ0n) is 16.2. The number of hydrogen-bond donors (Lipinski definition) is 1. The molecule has 0 saturated heterocycles. The molecule has 0 aromatic heterocycles. The van der Waals surface area contributed by atoms with Crippen molar-refractivity contribution in [3.63, 3.8) is 0 Å². The fraction of sp³-hybridized carbons (Fsp3) is 0.636. The molecule has 2 fully saturated rings. The second kappa shape index (κ2) is 9.25. The van der Waals surface area contributed by atoms with Crippen molar-refractivity contribution in [3.8, 4) is 0 Å². The number of amides is 1. The van der Waals surface area contributed by atoms with Crippen LogP contribution in [0.15, 0.2) is 30.3 Å². The molecule has 0 bridgehead atoms. The molecule has 1 spiro atoms. The SMILES string of the molecule is CCOC(=O)CCCNC(=O)O[C@H]1CCC12CCC(c1ccccc1)CC2. The van der Waals surface area contributed by atoms with Crippen molar-refractivity contribution in [1.82, 2.24) is 5.32 Å². The summed E-state index contributed by atoms with van der Waals surface area (Å²) in [5, 5.41) is 2.77. The van der Waals surface area contributed by atoms with Gasteiger partial charge in [0.2, 0.25) is 0 Å². The summed E-state index contributed by atoms with van der Waals surface area (Å²) in [7, 11) is 0. The molecule has 0 radical (unpaired) electrons. The second-order valence-electron chi connectivity index (χ2n) is 7.82. The number of alkyl carbamates (subject to hydrolysis) is 1. The summed E-state index contributed by atoms with van der Waals surface area (Å²) in [6.45, 7) is 2.62. The lowest BCUT2D eigenvalue weighted by molar-refractivity contribution is -0.143. The molecule has 3 rings (SSSR count). The van der Waals surface area contributed by atoms with Gasteiger partial charge in [0.1, 0.15) is 6.10 Å². The van der Waals surface area contributed by atoms with E-state index in [0.29, 0.717) is 31.9 Å². The van der Waals surface area contributed by atoms with Gasteiger partial charge in [-0.2, -0.15) is 0 Å². The fourth-order valence-electron chi connectivity index (χ4n) is 4.50. The van der Waals surface area contributed by atoms with E-state index in [0.717, 1.165) is 25.7 Å². The average Bonchev–Trinajstić information content (AvgIpc) is 2.70. The lowest BCUT2D eigenvalue weighted by Gasteiger charge is -2.52. The van der Waals surface area contributed by atoms with Crippen LogP contribution in [0.2, 0.25) is 0 Å². The topological polar surface area (TPSA) is 64.6 Å². The highest BCUT2D eigenvalue weighted by Gasteiger charge is 2.50. The van der Waals surface area contributed by atoms with Gasteiger partial charge in [-0.1, -0.05) is 30.3 Å². The highest BCUT2D eigenvalue weighted by Crippen LogP contribution is 2.55. The third-order valence-electron chi connectivity index (χ3n) is 6.22. The summed E-state index contributed by atoms with van der Waals surface area (Å²) in [5.41, 5.74) is 1.62. The predicted molar refractivity (Wildman–Crippen MR) is 103 cm³/mol. The van der Waals surface area contributed by atoms with Crippen molar-refractivity contribution in [1.29, 1.82) is 0 Å². The summed E-state index contributed by atoms with van der Waals surface area (Å²) in [6, 6.07) is 10.7. The van der Waals surface area contributed by atoms with Crippen LogP contribution in [0.25, 0.3) is 0 Å². The second-order valence-corrected chi connectivity index (χ2v) is 7.82. The number of esters is 1. The minimum atomic E-state index is -0.354. The molecule has 0 heterocycles. The van der Waals surface area contributed by atoms with Gasteiger partial charge in [0.25, 0.3) is 0 Å². The Balaban J connectivity index is 1.38. The maximum absolute atomic E-state index is 12.1. The quantitative estimate of drug-likeness (QED) is 0.562. The Hall–Kier alpha value is -2.04. The van der Waals surface area contributed by atoms with Crippen LogP contribution in [0.4, 0.5) is 4.79 Å². The van der Waals surface area contributed by atoms with Crippen LogP contribution in [0.3, 0.4) is 0 Å². The van der Waals surface area contributed by atoms with Gasteiger partial charge in [-0.3, -0.25) is 4.79 Å². The van der Waals surface area contributed by atoms with E-state index in [1.807, 2.05) is 0 Å². The van der Waals surface area contributed by atoms with Crippen molar-refractivity contribution in [2.24, 2.45) is 5.41 Å². The van der Waals surface area contributed by atoms with Crippen molar-refractivity contribution in [3.05, 3.63) is 35.9 Å². The van der Waals surface area contributed by atoms with Crippen LogP contribution in [0.1, 0.15) is 69.8 Å². The van der Waals surface area contributed by atoms with Crippen LogP contribution >= 0.6 is 0 Å². The van der Waals surface area contributed by atoms with Crippen molar-refractivity contribution >= 4 is 12.1 Å². The lowest BCUT2D eigenvalue weighted by atomic mass is 9.56. The van der Waals surface area contributed by atoms with E-state index in [2.05, 4.69) is 35.6 Å². The van der Waals surface area contributed by atoms with Gasteiger partial charge < -0.3 is 14.8 Å². The highest BCUT2D eigenvalue weighted by molar-refractivity contribution is 5.70. The zero-order valence-corrected chi connectivity index (χ0v) is 16.2. The van der Waals surface area contributed by atoms with Crippen LogP contribution in [0, 0.1) is 5.41 Å². The summed E-state index contributed by atoms with van der Waals surface area (Å²) in [6.07, 6.45) is 7.32.